The quantitative estimate of drug-likeness (QED) is 0.538. The van der Waals surface area contributed by atoms with Crippen molar-refractivity contribution in [2.45, 2.75) is 38.6 Å². The molecule has 2 aromatic rings. The Morgan fingerprint density at radius 1 is 1.03 bits per heavy atom. The van der Waals surface area contributed by atoms with E-state index in [0.717, 1.165) is 34.9 Å². The molecule has 0 bridgehead atoms. The van der Waals surface area contributed by atoms with Gasteiger partial charge in [0, 0.05) is 33.1 Å². The van der Waals surface area contributed by atoms with Crippen LogP contribution in [0.5, 0.6) is 5.75 Å². The minimum absolute atomic E-state index is 0.0375. The maximum atomic E-state index is 13.1. The second kappa shape index (κ2) is 11.1. The van der Waals surface area contributed by atoms with Gasteiger partial charge in [0.1, 0.15) is 5.75 Å². The van der Waals surface area contributed by atoms with Gasteiger partial charge in [-0.3, -0.25) is 14.4 Å². The Morgan fingerprint density at radius 2 is 1.71 bits per heavy atom. The zero-order valence-electron chi connectivity index (χ0n) is 20.6. The molecule has 1 heterocycles. The number of amides is 2. The second-order valence-corrected chi connectivity index (χ2v) is 9.53. The number of fused-ring (bicyclic) bond motifs is 1. The molecule has 188 valence electrons. The molecule has 4 rings (SSSR count). The van der Waals surface area contributed by atoms with E-state index < -0.39 is 11.4 Å². The van der Waals surface area contributed by atoms with E-state index in [1.807, 2.05) is 36.4 Å². The number of hydrogen-bond acceptors (Lipinski definition) is 6. The maximum absolute atomic E-state index is 13.1. The summed E-state index contributed by atoms with van der Waals surface area (Å²) in [5.74, 6) is 0.0504. The van der Waals surface area contributed by atoms with Gasteiger partial charge in [-0.05, 0) is 47.4 Å². The summed E-state index contributed by atoms with van der Waals surface area (Å²) in [7, 11) is 3.33. The fraction of sp³-hybridized carbons (Fsp3) is 0.519. The predicted molar refractivity (Wildman–Crippen MR) is 131 cm³/mol. The number of carbonyl (C=O) groups is 3. The Labute approximate surface area is 206 Å². The van der Waals surface area contributed by atoms with Crippen molar-refractivity contribution >= 4 is 28.6 Å². The van der Waals surface area contributed by atoms with Crippen LogP contribution in [-0.2, 0) is 30.4 Å². The molecule has 8 nitrogen and oxygen atoms in total. The number of nitrogens with zero attached hydrogens (tertiary/aromatic N) is 2. The summed E-state index contributed by atoms with van der Waals surface area (Å²) in [6.45, 7) is 2.22. The van der Waals surface area contributed by atoms with Crippen molar-refractivity contribution in [1.29, 1.82) is 0 Å². The van der Waals surface area contributed by atoms with E-state index in [-0.39, 0.29) is 24.8 Å². The Bertz CT molecular complexity index is 1070. The summed E-state index contributed by atoms with van der Waals surface area (Å²) in [5, 5.41) is 2.12. The van der Waals surface area contributed by atoms with Gasteiger partial charge >= 0.3 is 5.97 Å². The van der Waals surface area contributed by atoms with Gasteiger partial charge in [0.15, 0.2) is 6.61 Å². The Balaban J connectivity index is 1.32. The van der Waals surface area contributed by atoms with E-state index in [2.05, 4.69) is 0 Å². The first-order valence-corrected chi connectivity index (χ1v) is 12.2. The number of carbonyl (C=O) groups excluding carboxylic acids is 3. The third-order valence-electron chi connectivity index (χ3n) is 7.13. The Morgan fingerprint density at radius 3 is 2.43 bits per heavy atom. The molecule has 2 fully saturated rings. The lowest BCUT2D eigenvalue weighted by molar-refractivity contribution is -0.163. The SMILES string of the molecule is COc1ccc2cc(CN(C)C(=O)COC(=O)C3(CC(=O)N4CCOCC4)CCCC3)ccc2c1. The lowest BCUT2D eigenvalue weighted by Crippen LogP contribution is -2.44. The molecule has 0 unspecified atom stereocenters. The van der Waals surface area contributed by atoms with Crippen molar-refractivity contribution in [1.82, 2.24) is 9.80 Å². The summed E-state index contributed by atoms with van der Waals surface area (Å²) < 4.78 is 16.1. The van der Waals surface area contributed by atoms with Crippen LogP contribution < -0.4 is 4.74 Å². The van der Waals surface area contributed by atoms with E-state index in [4.69, 9.17) is 14.2 Å². The highest BCUT2D eigenvalue weighted by molar-refractivity contribution is 5.88. The van der Waals surface area contributed by atoms with Gasteiger partial charge in [0.25, 0.3) is 5.91 Å². The van der Waals surface area contributed by atoms with Gasteiger partial charge in [-0.15, -0.1) is 0 Å². The molecule has 0 radical (unpaired) electrons. The number of likely N-dealkylation sites (N-methyl/N-ethyl adjacent to an activating group) is 1. The van der Waals surface area contributed by atoms with Crippen molar-refractivity contribution in [2.24, 2.45) is 5.41 Å². The van der Waals surface area contributed by atoms with Gasteiger partial charge in [-0.1, -0.05) is 31.0 Å². The molecule has 1 aliphatic heterocycles. The van der Waals surface area contributed by atoms with E-state index >= 15 is 0 Å². The van der Waals surface area contributed by atoms with E-state index in [0.29, 0.717) is 45.7 Å². The molecule has 2 aliphatic rings. The number of esters is 1. The molecule has 1 saturated carbocycles. The van der Waals surface area contributed by atoms with Gasteiger partial charge in [0.2, 0.25) is 5.91 Å². The van der Waals surface area contributed by atoms with E-state index in [1.165, 1.54) is 0 Å². The van der Waals surface area contributed by atoms with Crippen LogP contribution in [0, 0.1) is 5.41 Å². The number of morpholine rings is 1. The van der Waals surface area contributed by atoms with Crippen molar-refractivity contribution in [3.8, 4) is 5.75 Å². The lowest BCUT2D eigenvalue weighted by atomic mass is 9.82. The average Bonchev–Trinajstić information content (AvgIpc) is 3.36. The van der Waals surface area contributed by atoms with Crippen molar-refractivity contribution in [3.63, 3.8) is 0 Å². The third kappa shape index (κ3) is 5.93. The molecule has 35 heavy (non-hydrogen) atoms. The first kappa shape index (κ1) is 25.0. The fourth-order valence-corrected chi connectivity index (χ4v) is 4.97. The largest absolute Gasteiger partial charge is 0.497 e. The van der Waals surface area contributed by atoms with Crippen molar-refractivity contribution in [3.05, 3.63) is 42.0 Å². The van der Waals surface area contributed by atoms with E-state index in [1.54, 1.807) is 24.0 Å². The standard InChI is InChI=1S/C27H34N2O6/c1-28(18-20-5-6-22-16-23(33-2)8-7-21(22)15-20)25(31)19-35-26(32)27(9-3-4-10-27)17-24(30)29-11-13-34-14-12-29/h5-8,15-16H,3-4,9-14,17-19H2,1-2H3. The van der Waals surface area contributed by atoms with Crippen LogP contribution in [-0.4, -0.2) is 74.7 Å². The highest BCUT2D eigenvalue weighted by Gasteiger charge is 2.45. The van der Waals surface area contributed by atoms with Crippen LogP contribution >= 0.6 is 0 Å². The Hall–Kier alpha value is -3.13. The molecular formula is C27H34N2O6. The highest BCUT2D eigenvalue weighted by atomic mass is 16.5. The van der Waals surface area contributed by atoms with Crippen LogP contribution in [0.3, 0.4) is 0 Å². The summed E-state index contributed by atoms with van der Waals surface area (Å²) in [6.07, 6.45) is 3.14. The minimum Gasteiger partial charge on any atom is -0.497 e. The summed E-state index contributed by atoms with van der Waals surface area (Å²) in [4.78, 5) is 41.9. The van der Waals surface area contributed by atoms with E-state index in [9.17, 15) is 14.4 Å². The summed E-state index contributed by atoms with van der Waals surface area (Å²) in [6, 6.07) is 11.9. The monoisotopic (exact) mass is 482 g/mol. The normalized spacial score (nSPS) is 17.3. The molecule has 0 spiro atoms. The predicted octanol–water partition coefficient (Wildman–Crippen LogP) is 3.16. The smallest absolute Gasteiger partial charge is 0.313 e. The Kier molecular flexibility index (Phi) is 7.90. The molecular weight excluding hydrogens is 448 g/mol. The molecule has 8 heteroatoms. The minimum atomic E-state index is -0.826. The third-order valence-corrected chi connectivity index (χ3v) is 7.13. The molecule has 2 aromatic carbocycles. The maximum Gasteiger partial charge on any atom is 0.313 e. The summed E-state index contributed by atoms with van der Waals surface area (Å²) in [5.41, 5.74) is 0.154. The first-order valence-electron chi connectivity index (χ1n) is 12.2. The lowest BCUT2D eigenvalue weighted by Gasteiger charge is -2.32. The van der Waals surface area contributed by atoms with Gasteiger partial charge in [0.05, 0.1) is 25.7 Å². The van der Waals surface area contributed by atoms with Crippen LogP contribution in [0.2, 0.25) is 0 Å². The summed E-state index contributed by atoms with van der Waals surface area (Å²) >= 11 is 0. The van der Waals surface area contributed by atoms with Crippen LogP contribution in [0.1, 0.15) is 37.7 Å². The molecule has 1 saturated heterocycles. The number of hydrogen-bond donors (Lipinski definition) is 0. The topological polar surface area (TPSA) is 85.4 Å². The van der Waals surface area contributed by atoms with Gasteiger partial charge in [-0.25, -0.2) is 0 Å². The van der Waals surface area contributed by atoms with Crippen LogP contribution in [0.4, 0.5) is 0 Å². The van der Waals surface area contributed by atoms with Crippen LogP contribution in [0.25, 0.3) is 10.8 Å². The number of methoxy groups -OCH3 is 1. The number of ether oxygens (including phenoxy) is 3. The number of benzene rings is 2. The van der Waals surface area contributed by atoms with Crippen LogP contribution in [0.15, 0.2) is 36.4 Å². The zero-order chi connectivity index (χ0) is 24.8. The van der Waals surface area contributed by atoms with Gasteiger partial charge < -0.3 is 24.0 Å². The first-order chi connectivity index (χ1) is 16.9. The molecule has 2 amide bonds. The second-order valence-electron chi connectivity index (χ2n) is 9.53. The molecule has 0 aromatic heterocycles. The molecule has 0 atom stereocenters. The van der Waals surface area contributed by atoms with Crippen molar-refractivity contribution < 1.29 is 28.6 Å². The zero-order valence-corrected chi connectivity index (χ0v) is 20.6. The van der Waals surface area contributed by atoms with Gasteiger partial charge in [-0.2, -0.15) is 0 Å². The average molecular weight is 483 g/mol. The molecule has 1 aliphatic carbocycles. The number of rotatable bonds is 8. The fourth-order valence-electron chi connectivity index (χ4n) is 4.97. The van der Waals surface area contributed by atoms with Crippen molar-refractivity contribution in [2.75, 3.05) is 47.1 Å². The molecule has 0 N–H and O–H groups in total. The highest BCUT2D eigenvalue weighted by Crippen LogP contribution is 2.42.